The first kappa shape index (κ1) is 12.0. The summed E-state index contributed by atoms with van der Waals surface area (Å²) in [5.74, 6) is 0. The molecule has 0 bridgehead atoms. The van der Waals surface area contributed by atoms with E-state index in [1.807, 2.05) is 5.38 Å². The van der Waals surface area contributed by atoms with Crippen LogP contribution in [0.1, 0.15) is 49.6 Å². The molecule has 4 heteroatoms. The summed E-state index contributed by atoms with van der Waals surface area (Å²) in [6.45, 7) is 0.563. The molecule has 1 aromatic rings. The van der Waals surface area contributed by atoms with Gasteiger partial charge in [-0.1, -0.05) is 25.7 Å². The maximum Gasteiger partial charge on any atom is 0.122 e. The summed E-state index contributed by atoms with van der Waals surface area (Å²) in [7, 11) is 0. The smallest absolute Gasteiger partial charge is 0.122 e. The monoisotopic (exact) mass is 240 g/mol. The highest BCUT2D eigenvalue weighted by Gasteiger charge is 2.38. The van der Waals surface area contributed by atoms with Crippen molar-refractivity contribution in [1.29, 1.82) is 0 Å². The van der Waals surface area contributed by atoms with E-state index in [-0.39, 0.29) is 5.41 Å². The molecule has 3 N–H and O–H groups in total. The first-order valence-corrected chi connectivity index (χ1v) is 6.94. The Morgan fingerprint density at radius 2 is 2.06 bits per heavy atom. The first-order chi connectivity index (χ1) is 7.78. The fourth-order valence-electron chi connectivity index (χ4n) is 2.65. The van der Waals surface area contributed by atoms with Crippen molar-refractivity contribution < 1.29 is 5.11 Å². The third kappa shape index (κ3) is 2.29. The van der Waals surface area contributed by atoms with Crippen LogP contribution in [0.5, 0.6) is 0 Å². The Balaban J connectivity index is 2.18. The Kier molecular flexibility index (Phi) is 3.95. The summed E-state index contributed by atoms with van der Waals surface area (Å²) in [5.41, 5.74) is 5.80. The molecule has 1 aromatic heterocycles. The molecule has 1 aliphatic rings. The highest BCUT2D eigenvalue weighted by atomic mass is 32.1. The zero-order valence-corrected chi connectivity index (χ0v) is 10.4. The average molecular weight is 240 g/mol. The van der Waals surface area contributed by atoms with Crippen molar-refractivity contribution >= 4 is 11.3 Å². The van der Waals surface area contributed by atoms with Crippen LogP contribution in [-0.2, 0) is 0 Å². The molecule has 1 saturated carbocycles. The van der Waals surface area contributed by atoms with E-state index in [4.69, 9.17) is 5.73 Å². The summed E-state index contributed by atoms with van der Waals surface area (Å²) >= 11 is 1.53. The SMILES string of the molecule is NCC1(C(O)c2nccs2)CCCCCC1. The van der Waals surface area contributed by atoms with Crippen LogP contribution >= 0.6 is 11.3 Å². The van der Waals surface area contributed by atoms with Gasteiger partial charge in [0, 0.05) is 23.5 Å². The van der Waals surface area contributed by atoms with Crippen molar-refractivity contribution in [2.45, 2.75) is 44.6 Å². The molecule has 90 valence electrons. The molecule has 0 radical (unpaired) electrons. The standard InChI is InChI=1S/C12H20N2OS/c13-9-12(5-3-1-2-4-6-12)10(15)11-14-7-8-16-11/h7-8,10,15H,1-6,9,13H2. The second kappa shape index (κ2) is 5.25. The summed E-state index contributed by atoms with van der Waals surface area (Å²) in [4.78, 5) is 4.23. The zero-order chi connectivity index (χ0) is 11.4. The number of nitrogens with two attached hydrogens (primary N) is 1. The molecule has 0 spiro atoms. The summed E-state index contributed by atoms with van der Waals surface area (Å²) < 4.78 is 0. The minimum absolute atomic E-state index is 0.131. The van der Waals surface area contributed by atoms with Gasteiger partial charge in [-0.15, -0.1) is 11.3 Å². The number of thiazole rings is 1. The van der Waals surface area contributed by atoms with Gasteiger partial charge in [0.1, 0.15) is 11.1 Å². The zero-order valence-electron chi connectivity index (χ0n) is 9.56. The van der Waals surface area contributed by atoms with Gasteiger partial charge in [-0.2, -0.15) is 0 Å². The number of rotatable bonds is 3. The van der Waals surface area contributed by atoms with E-state index < -0.39 is 6.10 Å². The van der Waals surface area contributed by atoms with Crippen LogP contribution in [0.15, 0.2) is 11.6 Å². The van der Waals surface area contributed by atoms with Crippen LogP contribution in [0.3, 0.4) is 0 Å². The summed E-state index contributed by atoms with van der Waals surface area (Å²) in [5, 5.41) is 13.2. The van der Waals surface area contributed by atoms with Gasteiger partial charge in [0.05, 0.1) is 0 Å². The number of aliphatic hydroxyl groups excluding tert-OH is 1. The van der Waals surface area contributed by atoms with E-state index >= 15 is 0 Å². The van der Waals surface area contributed by atoms with Crippen LogP contribution in [-0.4, -0.2) is 16.6 Å². The molecule has 16 heavy (non-hydrogen) atoms. The second-order valence-electron chi connectivity index (χ2n) is 4.75. The van der Waals surface area contributed by atoms with Crippen molar-refractivity contribution in [1.82, 2.24) is 4.98 Å². The van der Waals surface area contributed by atoms with Crippen molar-refractivity contribution in [3.8, 4) is 0 Å². The second-order valence-corrected chi connectivity index (χ2v) is 5.68. The Morgan fingerprint density at radius 3 is 2.56 bits per heavy atom. The lowest BCUT2D eigenvalue weighted by atomic mass is 9.75. The van der Waals surface area contributed by atoms with Gasteiger partial charge in [0.25, 0.3) is 0 Å². The molecule has 1 fully saturated rings. The van der Waals surface area contributed by atoms with Crippen LogP contribution < -0.4 is 5.73 Å². The van der Waals surface area contributed by atoms with Gasteiger partial charge >= 0.3 is 0 Å². The molecule has 1 unspecified atom stereocenters. The Labute approximate surface area is 101 Å². The predicted molar refractivity (Wildman–Crippen MR) is 66.3 cm³/mol. The van der Waals surface area contributed by atoms with E-state index in [0.29, 0.717) is 6.54 Å². The number of nitrogens with zero attached hydrogens (tertiary/aromatic N) is 1. The Bertz CT molecular complexity index is 305. The van der Waals surface area contributed by atoms with E-state index in [1.54, 1.807) is 6.20 Å². The van der Waals surface area contributed by atoms with Crippen LogP contribution in [0, 0.1) is 5.41 Å². The topological polar surface area (TPSA) is 59.1 Å². The third-order valence-electron chi connectivity index (χ3n) is 3.77. The van der Waals surface area contributed by atoms with E-state index in [9.17, 15) is 5.11 Å². The molecule has 0 saturated heterocycles. The van der Waals surface area contributed by atoms with Crippen LogP contribution in [0.25, 0.3) is 0 Å². The number of hydrogen-bond acceptors (Lipinski definition) is 4. The fraction of sp³-hybridized carbons (Fsp3) is 0.750. The summed E-state index contributed by atoms with van der Waals surface area (Å²) in [6, 6.07) is 0. The predicted octanol–water partition coefficient (Wildman–Crippen LogP) is 2.48. The quantitative estimate of drug-likeness (QED) is 0.798. The minimum atomic E-state index is -0.476. The lowest BCUT2D eigenvalue weighted by Crippen LogP contribution is -2.36. The van der Waals surface area contributed by atoms with E-state index in [0.717, 1.165) is 17.8 Å². The largest absolute Gasteiger partial charge is 0.385 e. The Hall–Kier alpha value is -0.450. The highest BCUT2D eigenvalue weighted by Crippen LogP contribution is 2.44. The maximum absolute atomic E-state index is 10.5. The molecular formula is C12H20N2OS. The lowest BCUT2D eigenvalue weighted by molar-refractivity contribution is 0.0165. The van der Waals surface area contributed by atoms with Crippen molar-refractivity contribution in [2.75, 3.05) is 6.54 Å². The van der Waals surface area contributed by atoms with Gasteiger partial charge in [-0.3, -0.25) is 0 Å². The van der Waals surface area contributed by atoms with E-state index in [2.05, 4.69) is 4.98 Å². The normalized spacial score (nSPS) is 22.6. The molecule has 0 aliphatic heterocycles. The van der Waals surface area contributed by atoms with Gasteiger partial charge < -0.3 is 10.8 Å². The van der Waals surface area contributed by atoms with Crippen molar-refractivity contribution in [2.24, 2.45) is 11.1 Å². The average Bonchev–Trinajstić information content (AvgIpc) is 2.73. The molecule has 1 aliphatic carbocycles. The highest BCUT2D eigenvalue weighted by molar-refractivity contribution is 7.09. The minimum Gasteiger partial charge on any atom is -0.385 e. The van der Waals surface area contributed by atoms with Gasteiger partial charge in [0.15, 0.2) is 0 Å². The first-order valence-electron chi connectivity index (χ1n) is 6.06. The summed E-state index contributed by atoms with van der Waals surface area (Å²) in [6.07, 6.45) is 8.24. The third-order valence-corrected chi connectivity index (χ3v) is 4.60. The fourth-order valence-corrected chi connectivity index (χ4v) is 3.42. The molecular weight excluding hydrogens is 220 g/mol. The number of hydrogen-bond donors (Lipinski definition) is 2. The van der Waals surface area contributed by atoms with Gasteiger partial charge in [0.2, 0.25) is 0 Å². The number of aliphatic hydroxyl groups is 1. The molecule has 1 atom stereocenters. The van der Waals surface area contributed by atoms with Crippen LogP contribution in [0.2, 0.25) is 0 Å². The van der Waals surface area contributed by atoms with Crippen LogP contribution in [0.4, 0.5) is 0 Å². The Morgan fingerprint density at radius 1 is 1.38 bits per heavy atom. The number of aromatic nitrogens is 1. The molecule has 1 heterocycles. The van der Waals surface area contributed by atoms with Crippen molar-refractivity contribution in [3.63, 3.8) is 0 Å². The molecule has 0 amide bonds. The van der Waals surface area contributed by atoms with Gasteiger partial charge in [-0.05, 0) is 12.8 Å². The lowest BCUT2D eigenvalue weighted by Gasteiger charge is -2.35. The van der Waals surface area contributed by atoms with E-state index in [1.165, 1.54) is 37.0 Å². The van der Waals surface area contributed by atoms with Gasteiger partial charge in [-0.25, -0.2) is 4.98 Å². The maximum atomic E-state index is 10.5. The molecule has 0 aromatic carbocycles. The molecule has 3 nitrogen and oxygen atoms in total. The van der Waals surface area contributed by atoms with Crippen molar-refractivity contribution in [3.05, 3.63) is 16.6 Å². The molecule has 2 rings (SSSR count).